The van der Waals surface area contributed by atoms with Crippen molar-refractivity contribution in [2.45, 2.75) is 32.5 Å². The molecule has 38 heavy (non-hydrogen) atoms. The molecule has 198 valence electrons. The molecule has 0 saturated carbocycles. The number of piperidine rings is 1. The first kappa shape index (κ1) is 25.9. The fraction of sp³-hybridized carbons (Fsp3) is 0.333. The van der Waals surface area contributed by atoms with Crippen LogP contribution in [0.1, 0.15) is 38.4 Å². The molecule has 4 aromatic rings. The molecule has 3 heterocycles. The van der Waals surface area contributed by atoms with E-state index in [1.54, 1.807) is 19.2 Å². The molecule has 7 nitrogen and oxygen atoms in total. The summed E-state index contributed by atoms with van der Waals surface area (Å²) in [6.45, 7) is 2.28. The number of aromatic nitrogens is 3. The molecule has 1 aliphatic rings. The number of hydrogen-bond donors (Lipinski definition) is 1. The smallest absolute Gasteiger partial charge is 0.343 e. The van der Waals surface area contributed by atoms with E-state index in [1.165, 1.54) is 17.4 Å². The molecule has 5 rings (SSSR count). The first-order chi connectivity index (χ1) is 18.2. The Bertz CT molecular complexity index is 1460. The molecule has 0 unspecified atom stereocenters. The molecule has 2 amide bonds. The van der Waals surface area contributed by atoms with Gasteiger partial charge < -0.3 is 10.2 Å². The van der Waals surface area contributed by atoms with Crippen molar-refractivity contribution in [3.05, 3.63) is 70.9 Å². The molecule has 0 atom stereocenters. The highest BCUT2D eigenvalue weighted by atomic mass is 32.1. The van der Waals surface area contributed by atoms with Gasteiger partial charge in [-0.1, -0.05) is 30.3 Å². The first-order valence-corrected chi connectivity index (χ1v) is 13.1. The highest BCUT2D eigenvalue weighted by molar-refractivity contribution is 7.16. The fourth-order valence-corrected chi connectivity index (χ4v) is 5.61. The lowest BCUT2D eigenvalue weighted by Gasteiger charge is -2.31. The van der Waals surface area contributed by atoms with Gasteiger partial charge in [0.1, 0.15) is 16.4 Å². The molecule has 11 heteroatoms. The number of carbonyl (C=O) groups excluding carboxylic acids is 2. The van der Waals surface area contributed by atoms with Gasteiger partial charge in [0.25, 0.3) is 11.8 Å². The Labute approximate surface area is 221 Å². The van der Waals surface area contributed by atoms with Crippen LogP contribution in [0.2, 0.25) is 0 Å². The third-order valence-corrected chi connectivity index (χ3v) is 7.82. The van der Waals surface area contributed by atoms with Crippen LogP contribution < -0.4 is 5.32 Å². The van der Waals surface area contributed by atoms with Gasteiger partial charge in [0.15, 0.2) is 0 Å². The highest BCUT2D eigenvalue weighted by Crippen LogP contribution is 2.28. The quantitative estimate of drug-likeness (QED) is 0.359. The number of nitrogens with one attached hydrogen (secondary N) is 1. The second-order valence-electron chi connectivity index (χ2n) is 9.45. The predicted molar refractivity (Wildman–Crippen MR) is 139 cm³/mol. The minimum absolute atomic E-state index is 0.0000809. The zero-order chi connectivity index (χ0) is 26.9. The summed E-state index contributed by atoms with van der Waals surface area (Å²) in [7, 11) is 0. The van der Waals surface area contributed by atoms with E-state index in [9.17, 15) is 22.8 Å². The van der Waals surface area contributed by atoms with E-state index in [-0.39, 0.29) is 11.5 Å². The zero-order valence-corrected chi connectivity index (χ0v) is 21.5. The highest BCUT2D eigenvalue weighted by Gasteiger charge is 2.29. The number of hydrogen-bond acceptors (Lipinski definition) is 5. The number of carbonyl (C=O) groups is 2. The number of thiazole rings is 1. The summed E-state index contributed by atoms with van der Waals surface area (Å²) >= 11 is 1.40. The van der Waals surface area contributed by atoms with Crippen LogP contribution in [0, 0.1) is 12.8 Å². The topological polar surface area (TPSA) is 80.1 Å². The number of halogens is 3. The summed E-state index contributed by atoms with van der Waals surface area (Å²) < 4.78 is 39.3. The molecule has 0 spiro atoms. The van der Waals surface area contributed by atoms with Gasteiger partial charge in [-0.3, -0.25) is 14.3 Å². The van der Waals surface area contributed by atoms with E-state index >= 15 is 0 Å². The van der Waals surface area contributed by atoms with E-state index in [2.05, 4.69) is 10.1 Å². The number of nitrogens with zero attached hydrogens (tertiary/aromatic N) is 4. The van der Waals surface area contributed by atoms with Crippen molar-refractivity contribution in [3.8, 4) is 10.6 Å². The van der Waals surface area contributed by atoms with E-state index in [0.717, 1.165) is 28.8 Å². The minimum atomic E-state index is -4.47. The molecule has 2 aromatic heterocycles. The van der Waals surface area contributed by atoms with Gasteiger partial charge in [-0.05, 0) is 43.4 Å². The monoisotopic (exact) mass is 541 g/mol. The third-order valence-electron chi connectivity index (χ3n) is 6.78. The van der Waals surface area contributed by atoms with Gasteiger partial charge in [-0.2, -0.15) is 18.3 Å². The summed E-state index contributed by atoms with van der Waals surface area (Å²) in [5.74, 6) is -0.437. The van der Waals surface area contributed by atoms with Gasteiger partial charge >= 0.3 is 6.18 Å². The molecule has 0 aliphatic carbocycles. The van der Waals surface area contributed by atoms with Crippen molar-refractivity contribution in [3.63, 3.8) is 0 Å². The van der Waals surface area contributed by atoms with Crippen LogP contribution in [0.5, 0.6) is 0 Å². The average molecular weight is 542 g/mol. The largest absolute Gasteiger partial charge is 0.405 e. The van der Waals surface area contributed by atoms with Gasteiger partial charge in [-0.25, -0.2) is 4.98 Å². The van der Waals surface area contributed by atoms with Crippen LogP contribution in [0.3, 0.4) is 0 Å². The molecule has 0 bridgehead atoms. The molecule has 0 radical (unpaired) electrons. The Morgan fingerprint density at radius 1 is 1.11 bits per heavy atom. The van der Waals surface area contributed by atoms with E-state index in [0.29, 0.717) is 41.5 Å². The molecule has 1 fully saturated rings. The lowest BCUT2D eigenvalue weighted by Crippen LogP contribution is -2.39. The molecule has 1 aliphatic heterocycles. The van der Waals surface area contributed by atoms with Gasteiger partial charge in [0, 0.05) is 42.3 Å². The molecule has 2 aromatic carbocycles. The SMILES string of the molecule is Cc1c(C(=O)NCC(F)(F)F)ccc2nn(CC3CCN(C(=O)c4cnc(-c5ccccc5)s4)CC3)cc12. The Kier molecular flexibility index (Phi) is 7.20. The van der Waals surface area contributed by atoms with Crippen LogP contribution in [-0.4, -0.2) is 57.3 Å². The average Bonchev–Trinajstić information content (AvgIpc) is 3.56. The standard InChI is InChI=1S/C27H26F3N5O2S/c1-17-20(24(36)32-16-27(28,29)30)7-8-22-21(17)15-35(33-22)14-18-9-11-34(12-10-18)26(37)23-13-31-25(38-23)19-5-3-2-4-6-19/h2-8,13,15,18H,9-12,14,16H2,1H3,(H,32,36). The van der Waals surface area contributed by atoms with E-state index < -0.39 is 18.6 Å². The van der Waals surface area contributed by atoms with Gasteiger partial charge in [0.2, 0.25) is 0 Å². The second-order valence-corrected chi connectivity index (χ2v) is 10.5. The van der Waals surface area contributed by atoms with Crippen LogP contribution in [0.15, 0.2) is 54.9 Å². The lowest BCUT2D eigenvalue weighted by molar-refractivity contribution is -0.123. The van der Waals surface area contributed by atoms with Gasteiger partial charge in [-0.15, -0.1) is 11.3 Å². The predicted octanol–water partition coefficient (Wildman–Crippen LogP) is 5.31. The summed E-state index contributed by atoms with van der Waals surface area (Å²) in [4.78, 5) is 32.2. The van der Waals surface area contributed by atoms with Gasteiger partial charge in [0.05, 0.1) is 11.7 Å². The summed E-state index contributed by atoms with van der Waals surface area (Å²) in [5, 5.41) is 8.09. The number of rotatable bonds is 6. The van der Waals surface area contributed by atoms with Crippen molar-refractivity contribution in [1.82, 2.24) is 25.0 Å². The van der Waals surface area contributed by atoms with Crippen molar-refractivity contribution >= 4 is 34.1 Å². The Morgan fingerprint density at radius 3 is 2.55 bits per heavy atom. The maximum atomic E-state index is 13.0. The summed E-state index contributed by atoms with van der Waals surface area (Å²) in [6, 6.07) is 12.9. The summed E-state index contributed by atoms with van der Waals surface area (Å²) in [6.07, 6.45) is 0.680. The second kappa shape index (κ2) is 10.6. The number of alkyl halides is 3. The van der Waals surface area contributed by atoms with Crippen molar-refractivity contribution in [1.29, 1.82) is 0 Å². The molecular weight excluding hydrogens is 515 g/mol. The Morgan fingerprint density at radius 2 is 1.84 bits per heavy atom. The molecule has 1 saturated heterocycles. The van der Waals surface area contributed by atoms with Crippen molar-refractivity contribution in [2.75, 3.05) is 19.6 Å². The number of benzene rings is 2. The number of amides is 2. The number of aryl methyl sites for hydroxylation is 1. The fourth-order valence-electron chi connectivity index (χ4n) is 4.72. The maximum Gasteiger partial charge on any atom is 0.405 e. The van der Waals surface area contributed by atoms with E-state index in [1.807, 2.05) is 51.4 Å². The number of likely N-dealkylation sites (tertiary alicyclic amines) is 1. The lowest BCUT2D eigenvalue weighted by atomic mass is 9.97. The number of fused-ring (bicyclic) bond motifs is 1. The summed E-state index contributed by atoms with van der Waals surface area (Å²) in [5.41, 5.74) is 2.47. The van der Waals surface area contributed by atoms with Crippen LogP contribution >= 0.6 is 11.3 Å². The third kappa shape index (κ3) is 5.72. The Balaban J connectivity index is 1.19. The first-order valence-electron chi connectivity index (χ1n) is 12.3. The molecular formula is C27H26F3N5O2S. The normalized spacial score (nSPS) is 14.7. The van der Waals surface area contributed by atoms with Crippen LogP contribution in [0.4, 0.5) is 13.2 Å². The zero-order valence-electron chi connectivity index (χ0n) is 20.7. The minimum Gasteiger partial charge on any atom is -0.343 e. The maximum absolute atomic E-state index is 13.0. The van der Waals surface area contributed by atoms with Crippen LogP contribution in [-0.2, 0) is 6.54 Å². The molecule has 1 N–H and O–H groups in total. The van der Waals surface area contributed by atoms with E-state index in [4.69, 9.17) is 0 Å². The van der Waals surface area contributed by atoms with Crippen LogP contribution in [0.25, 0.3) is 21.5 Å². The Hall–Kier alpha value is -3.73. The van der Waals surface area contributed by atoms with Crippen molar-refractivity contribution < 1.29 is 22.8 Å². The van der Waals surface area contributed by atoms with Crippen molar-refractivity contribution in [2.24, 2.45) is 5.92 Å².